The van der Waals surface area contributed by atoms with E-state index in [1.807, 2.05) is 0 Å². The summed E-state index contributed by atoms with van der Waals surface area (Å²) >= 11 is 0. The van der Waals surface area contributed by atoms with Crippen LogP contribution in [0.25, 0.3) is 22.3 Å². The first-order chi connectivity index (χ1) is 15.7. The van der Waals surface area contributed by atoms with Crippen LogP contribution >= 0.6 is 0 Å². The van der Waals surface area contributed by atoms with Crippen molar-refractivity contribution in [1.82, 2.24) is 0 Å². The fourth-order valence-corrected chi connectivity index (χ4v) is 2.93. The average Bonchev–Trinajstić information content (AvgIpc) is 2.78. The minimum absolute atomic E-state index is 2.29. The lowest BCUT2D eigenvalue weighted by atomic mass is 9.94. The smallest absolute Gasteiger partial charge is 0.341 e. The first-order valence-corrected chi connectivity index (χ1v) is 8.13. The second-order valence-electron chi connectivity index (χ2n) is 6.26. The molecule has 0 bridgehead atoms. The van der Waals surface area contributed by atoms with Crippen LogP contribution in [0.2, 0.25) is 0 Å². The van der Waals surface area contributed by atoms with Gasteiger partial charge >= 0.3 is 5.97 Å². The number of hydrogen-bond acceptors (Lipinski definition) is 1. The van der Waals surface area contributed by atoms with Crippen LogP contribution in [0.15, 0.2) is 0 Å². The Morgan fingerprint density at radius 2 is 0.529 bits per heavy atom. The number of carboxylic acid groups (broad SMARTS) is 1. The molecule has 0 saturated heterocycles. The van der Waals surface area contributed by atoms with Gasteiger partial charge < -0.3 is 5.11 Å². The zero-order chi connectivity index (χ0) is 26.0. The Labute approximate surface area is 177 Å². The van der Waals surface area contributed by atoms with E-state index in [1.165, 1.54) is 0 Å². The highest BCUT2D eigenvalue weighted by Gasteiger charge is 2.38. The van der Waals surface area contributed by atoms with E-state index < -0.39 is 109 Å². The standard InChI is InChI=1S/C19HF13O2/c20-6-1(2-10(24)14(28)5(19(33)34)15(29)11(2)25)7(21)9(23)3(8(6)22)4-12(26)16(30)18(32)17(31)13(4)27/h(H,33,34). The van der Waals surface area contributed by atoms with E-state index in [2.05, 4.69) is 0 Å². The maximum absolute atomic E-state index is 14.5. The molecule has 3 rings (SSSR count). The molecule has 15 heteroatoms. The van der Waals surface area contributed by atoms with Crippen molar-refractivity contribution in [3.8, 4) is 22.3 Å². The van der Waals surface area contributed by atoms with Crippen LogP contribution in [0.4, 0.5) is 57.1 Å². The second-order valence-corrected chi connectivity index (χ2v) is 6.26. The lowest BCUT2D eigenvalue weighted by molar-refractivity contribution is 0.0683. The van der Waals surface area contributed by atoms with Gasteiger partial charge in [0.05, 0.1) is 22.3 Å². The molecular formula is C19HF13O2. The summed E-state index contributed by atoms with van der Waals surface area (Å²) in [7, 11) is 0. The van der Waals surface area contributed by atoms with Gasteiger partial charge in [-0.05, 0) is 0 Å². The Morgan fingerprint density at radius 3 is 0.765 bits per heavy atom. The van der Waals surface area contributed by atoms with Crippen LogP contribution in [0.3, 0.4) is 0 Å². The van der Waals surface area contributed by atoms with E-state index in [4.69, 9.17) is 5.11 Å². The Morgan fingerprint density at radius 1 is 0.353 bits per heavy atom. The minimum Gasteiger partial charge on any atom is -0.477 e. The van der Waals surface area contributed by atoms with Crippen LogP contribution in [-0.4, -0.2) is 11.1 Å². The van der Waals surface area contributed by atoms with Gasteiger partial charge in [-0.1, -0.05) is 0 Å². The summed E-state index contributed by atoms with van der Waals surface area (Å²) in [5, 5.41) is 8.59. The Bertz CT molecular complexity index is 1330. The van der Waals surface area contributed by atoms with Crippen LogP contribution < -0.4 is 0 Å². The quantitative estimate of drug-likeness (QED) is 0.248. The van der Waals surface area contributed by atoms with Crippen molar-refractivity contribution >= 4 is 5.97 Å². The number of aromatic carboxylic acids is 1. The van der Waals surface area contributed by atoms with Gasteiger partial charge in [-0.3, -0.25) is 0 Å². The van der Waals surface area contributed by atoms with Crippen molar-refractivity contribution in [2.24, 2.45) is 0 Å². The molecule has 0 fully saturated rings. The van der Waals surface area contributed by atoms with Crippen LogP contribution in [0.1, 0.15) is 10.4 Å². The van der Waals surface area contributed by atoms with E-state index >= 15 is 0 Å². The molecule has 0 aliphatic rings. The SMILES string of the molecule is O=C(O)c1c(F)c(F)c(-c2c(F)c(F)c(-c3c(F)c(F)c(F)c(F)c3F)c(F)c2F)c(F)c1F. The molecule has 0 heterocycles. The monoisotopic (exact) mass is 508 g/mol. The van der Waals surface area contributed by atoms with E-state index in [0.29, 0.717) is 0 Å². The third kappa shape index (κ3) is 3.25. The Balaban J connectivity index is 2.50. The largest absolute Gasteiger partial charge is 0.477 e. The van der Waals surface area contributed by atoms with Crippen LogP contribution in [0, 0.1) is 75.6 Å². The molecule has 3 aromatic rings. The summed E-state index contributed by atoms with van der Waals surface area (Å²) in [5.41, 5.74) is -12.5. The molecule has 0 atom stereocenters. The molecule has 0 saturated carbocycles. The molecule has 3 aromatic carbocycles. The van der Waals surface area contributed by atoms with Crippen molar-refractivity contribution in [2.75, 3.05) is 0 Å². The predicted molar refractivity (Wildman–Crippen MR) is 83.7 cm³/mol. The molecule has 0 unspecified atom stereocenters. The van der Waals surface area contributed by atoms with Crippen LogP contribution in [-0.2, 0) is 0 Å². The van der Waals surface area contributed by atoms with Gasteiger partial charge in [0.1, 0.15) is 5.56 Å². The van der Waals surface area contributed by atoms with Crippen molar-refractivity contribution in [2.45, 2.75) is 0 Å². The summed E-state index contributed by atoms with van der Waals surface area (Å²) in [6, 6.07) is 0. The molecule has 0 spiro atoms. The molecule has 34 heavy (non-hydrogen) atoms. The summed E-state index contributed by atoms with van der Waals surface area (Å²) in [6.07, 6.45) is 0. The van der Waals surface area contributed by atoms with Crippen molar-refractivity contribution in [3.05, 3.63) is 81.2 Å². The lowest BCUT2D eigenvalue weighted by Crippen LogP contribution is -2.14. The fraction of sp³-hybridized carbons (Fsp3) is 0. The first-order valence-electron chi connectivity index (χ1n) is 8.13. The fourth-order valence-electron chi connectivity index (χ4n) is 2.93. The summed E-state index contributed by atoms with van der Waals surface area (Å²) in [5.74, 6) is -40.1. The van der Waals surface area contributed by atoms with Gasteiger partial charge in [0.25, 0.3) is 0 Å². The number of carbonyl (C=O) groups is 1. The highest BCUT2D eigenvalue weighted by Crippen LogP contribution is 2.42. The third-order valence-corrected chi connectivity index (χ3v) is 4.45. The molecule has 0 amide bonds. The molecule has 180 valence electrons. The summed E-state index contributed by atoms with van der Waals surface area (Å²) in [4.78, 5) is 10.7. The first kappa shape index (κ1) is 24.9. The van der Waals surface area contributed by atoms with Crippen molar-refractivity contribution in [1.29, 1.82) is 0 Å². The molecule has 0 aromatic heterocycles. The minimum atomic E-state index is -2.99. The Hall–Kier alpha value is -3.78. The number of halogens is 13. The molecule has 0 aliphatic carbocycles. The highest BCUT2D eigenvalue weighted by atomic mass is 19.2. The van der Waals surface area contributed by atoms with Gasteiger partial charge in [0, 0.05) is 0 Å². The highest BCUT2D eigenvalue weighted by molar-refractivity contribution is 5.89. The van der Waals surface area contributed by atoms with Gasteiger partial charge in [-0.25, -0.2) is 61.9 Å². The van der Waals surface area contributed by atoms with Gasteiger partial charge in [0.2, 0.25) is 5.82 Å². The van der Waals surface area contributed by atoms with E-state index in [0.717, 1.165) is 0 Å². The number of rotatable bonds is 3. The summed E-state index contributed by atoms with van der Waals surface area (Å²) in [6.45, 7) is 0. The maximum atomic E-state index is 14.5. The topological polar surface area (TPSA) is 37.3 Å². The molecule has 0 radical (unpaired) electrons. The number of hydrogen-bond donors (Lipinski definition) is 1. The van der Waals surface area contributed by atoms with E-state index in [1.54, 1.807) is 0 Å². The van der Waals surface area contributed by atoms with Crippen LogP contribution in [0.5, 0.6) is 0 Å². The second kappa shape index (κ2) is 8.22. The Kier molecular flexibility index (Phi) is 6.01. The maximum Gasteiger partial charge on any atom is 0.341 e. The van der Waals surface area contributed by atoms with E-state index in [-0.39, 0.29) is 0 Å². The summed E-state index contributed by atoms with van der Waals surface area (Å²) < 4.78 is 182. The predicted octanol–water partition coefficient (Wildman–Crippen LogP) is 6.53. The third-order valence-electron chi connectivity index (χ3n) is 4.45. The zero-order valence-electron chi connectivity index (χ0n) is 15.3. The zero-order valence-corrected chi connectivity index (χ0v) is 15.3. The normalized spacial score (nSPS) is 11.3. The van der Waals surface area contributed by atoms with Gasteiger partial charge in [-0.2, -0.15) is 0 Å². The van der Waals surface area contributed by atoms with E-state index in [9.17, 15) is 61.9 Å². The van der Waals surface area contributed by atoms with Gasteiger partial charge in [-0.15, -0.1) is 0 Å². The molecule has 2 nitrogen and oxygen atoms in total. The molecular weight excluding hydrogens is 507 g/mol. The number of benzene rings is 3. The molecule has 0 aliphatic heterocycles. The van der Waals surface area contributed by atoms with Crippen molar-refractivity contribution < 1.29 is 67.0 Å². The van der Waals surface area contributed by atoms with Crippen molar-refractivity contribution in [3.63, 3.8) is 0 Å². The van der Waals surface area contributed by atoms with Gasteiger partial charge in [0.15, 0.2) is 69.8 Å². The molecule has 1 N–H and O–H groups in total. The number of carboxylic acids is 1. The lowest BCUT2D eigenvalue weighted by Gasteiger charge is -2.16. The average molecular weight is 508 g/mol.